The van der Waals surface area contributed by atoms with Crippen molar-refractivity contribution < 1.29 is 22.7 Å². The van der Waals surface area contributed by atoms with Gasteiger partial charge in [-0.25, -0.2) is 13.1 Å². The lowest BCUT2D eigenvalue weighted by Gasteiger charge is -2.12. The predicted molar refractivity (Wildman–Crippen MR) is 115 cm³/mol. The van der Waals surface area contributed by atoms with Crippen LogP contribution in [0.1, 0.15) is 15.9 Å². The van der Waals surface area contributed by atoms with Crippen molar-refractivity contribution >= 4 is 31.9 Å². The lowest BCUT2D eigenvalue weighted by Crippen LogP contribution is -2.26. The van der Waals surface area contributed by atoms with Crippen LogP contribution in [0.4, 0.5) is 0 Å². The summed E-state index contributed by atoms with van der Waals surface area (Å²) < 4.78 is 37.9. The van der Waals surface area contributed by atoms with Gasteiger partial charge in [-0.2, -0.15) is 0 Å². The van der Waals surface area contributed by atoms with Crippen LogP contribution in [0.2, 0.25) is 0 Å². The number of benzene rings is 2. The number of halogens is 1. The summed E-state index contributed by atoms with van der Waals surface area (Å²) in [5, 5.41) is 2.82. The number of sulfonamides is 1. The van der Waals surface area contributed by atoms with E-state index in [1.165, 1.54) is 30.3 Å². The first-order valence-electron chi connectivity index (χ1n) is 8.71. The van der Waals surface area contributed by atoms with Crippen molar-refractivity contribution in [2.24, 2.45) is 0 Å². The van der Waals surface area contributed by atoms with Gasteiger partial charge in [-0.15, -0.1) is 6.58 Å². The minimum absolute atomic E-state index is 0.0881. The number of hydrogen-bond donors (Lipinski definition) is 2. The Bertz CT molecular complexity index is 975. The molecule has 0 saturated carbocycles. The van der Waals surface area contributed by atoms with E-state index in [2.05, 4.69) is 32.5 Å². The molecular weight excluding hydrogens is 460 g/mol. The summed E-state index contributed by atoms with van der Waals surface area (Å²) in [6, 6.07) is 9.41. The van der Waals surface area contributed by atoms with Crippen LogP contribution in [0.5, 0.6) is 11.5 Å². The Kier molecular flexibility index (Phi) is 8.24. The predicted octanol–water partition coefficient (Wildman–Crippen LogP) is 2.90. The van der Waals surface area contributed by atoms with E-state index >= 15 is 0 Å². The Hall–Kier alpha value is -2.36. The molecule has 0 unspecified atom stereocenters. The summed E-state index contributed by atoms with van der Waals surface area (Å²) in [5.74, 6) is 0.938. The molecule has 0 aliphatic carbocycles. The summed E-state index contributed by atoms with van der Waals surface area (Å²) in [6.07, 6.45) is 2.03. The molecule has 0 atom stereocenters. The molecule has 9 heteroatoms. The van der Waals surface area contributed by atoms with Crippen molar-refractivity contribution in [1.82, 2.24) is 10.0 Å². The first kappa shape index (κ1) is 22.9. The second-order valence-corrected chi connectivity index (χ2v) is 8.59. The van der Waals surface area contributed by atoms with Gasteiger partial charge in [0, 0.05) is 23.1 Å². The molecule has 1 amide bonds. The van der Waals surface area contributed by atoms with E-state index in [1.807, 2.05) is 12.1 Å². The highest BCUT2D eigenvalue weighted by Crippen LogP contribution is 2.33. The van der Waals surface area contributed by atoms with Crippen molar-refractivity contribution in [1.29, 1.82) is 0 Å². The maximum Gasteiger partial charge on any atom is 0.251 e. The van der Waals surface area contributed by atoms with E-state index in [0.29, 0.717) is 30.0 Å². The zero-order chi connectivity index (χ0) is 21.4. The molecule has 29 heavy (non-hydrogen) atoms. The second-order valence-electron chi connectivity index (χ2n) is 5.97. The minimum Gasteiger partial charge on any atom is -0.493 e. The van der Waals surface area contributed by atoms with E-state index in [4.69, 9.17) is 9.47 Å². The van der Waals surface area contributed by atoms with Crippen LogP contribution in [-0.4, -0.2) is 41.6 Å². The number of ether oxygens (including phenoxy) is 2. The van der Waals surface area contributed by atoms with Crippen LogP contribution in [-0.2, 0) is 16.4 Å². The zero-order valence-corrected chi connectivity index (χ0v) is 18.6. The Morgan fingerprint density at radius 2 is 1.76 bits per heavy atom. The van der Waals surface area contributed by atoms with Crippen LogP contribution in [0, 0.1) is 0 Å². The van der Waals surface area contributed by atoms with Crippen LogP contribution in [0.25, 0.3) is 0 Å². The van der Waals surface area contributed by atoms with Gasteiger partial charge in [-0.1, -0.05) is 22.0 Å². The Balaban J connectivity index is 1.99. The fraction of sp³-hybridized carbons (Fsp3) is 0.250. The van der Waals surface area contributed by atoms with Crippen molar-refractivity contribution in [3.63, 3.8) is 0 Å². The highest BCUT2D eigenvalue weighted by Gasteiger charge is 2.14. The maximum absolute atomic E-state index is 12.3. The molecule has 0 radical (unpaired) electrons. The summed E-state index contributed by atoms with van der Waals surface area (Å²) in [4.78, 5) is 12.4. The van der Waals surface area contributed by atoms with Gasteiger partial charge in [0.2, 0.25) is 10.0 Å². The standard InChI is InChI=1S/C20H23BrN2O5S/c1-4-10-23-29(25,26)16-7-5-14(6-8-16)20(24)22-11-9-15-12-18(27-2)19(28-3)13-17(15)21/h4-8,12-13,23H,1,9-11H2,2-3H3,(H,22,24). The molecule has 156 valence electrons. The Morgan fingerprint density at radius 1 is 1.14 bits per heavy atom. The minimum atomic E-state index is -3.62. The quantitative estimate of drug-likeness (QED) is 0.507. The number of methoxy groups -OCH3 is 2. The molecular formula is C20H23BrN2O5S. The molecule has 2 rings (SSSR count). The highest BCUT2D eigenvalue weighted by molar-refractivity contribution is 9.10. The normalized spacial score (nSPS) is 11.0. The number of nitrogens with one attached hydrogen (secondary N) is 2. The summed E-state index contributed by atoms with van der Waals surface area (Å²) >= 11 is 3.49. The van der Waals surface area contributed by atoms with Crippen molar-refractivity contribution in [3.8, 4) is 11.5 Å². The Labute approximate surface area is 179 Å². The largest absolute Gasteiger partial charge is 0.493 e. The van der Waals surface area contributed by atoms with Crippen molar-refractivity contribution in [2.75, 3.05) is 27.3 Å². The van der Waals surface area contributed by atoms with Gasteiger partial charge >= 0.3 is 0 Å². The van der Waals surface area contributed by atoms with E-state index in [1.54, 1.807) is 14.2 Å². The number of amides is 1. The van der Waals surface area contributed by atoms with E-state index in [-0.39, 0.29) is 17.3 Å². The van der Waals surface area contributed by atoms with Gasteiger partial charge < -0.3 is 14.8 Å². The molecule has 2 N–H and O–H groups in total. The third kappa shape index (κ3) is 6.06. The van der Waals surface area contributed by atoms with Gasteiger partial charge in [0.25, 0.3) is 5.91 Å². The summed E-state index contributed by atoms with van der Waals surface area (Å²) in [6.45, 7) is 4.00. The number of rotatable bonds is 10. The van der Waals surface area contributed by atoms with E-state index in [9.17, 15) is 13.2 Å². The third-order valence-electron chi connectivity index (χ3n) is 4.08. The summed E-state index contributed by atoms with van der Waals surface area (Å²) in [7, 11) is -0.486. The van der Waals surface area contributed by atoms with Crippen LogP contribution < -0.4 is 19.5 Å². The molecule has 0 aliphatic rings. The van der Waals surface area contributed by atoms with Gasteiger partial charge in [0.1, 0.15) is 0 Å². The molecule has 0 heterocycles. The first-order valence-corrected chi connectivity index (χ1v) is 11.0. The zero-order valence-electron chi connectivity index (χ0n) is 16.2. The highest BCUT2D eigenvalue weighted by atomic mass is 79.9. The smallest absolute Gasteiger partial charge is 0.251 e. The van der Waals surface area contributed by atoms with Crippen molar-refractivity contribution in [3.05, 3.63) is 64.7 Å². The molecule has 2 aromatic carbocycles. The second kappa shape index (κ2) is 10.4. The summed E-state index contributed by atoms with van der Waals surface area (Å²) in [5.41, 5.74) is 1.33. The Morgan fingerprint density at radius 3 is 2.34 bits per heavy atom. The number of carbonyl (C=O) groups is 1. The number of carbonyl (C=O) groups excluding carboxylic acids is 1. The van der Waals surface area contributed by atoms with Gasteiger partial charge in [0.05, 0.1) is 19.1 Å². The molecule has 0 spiro atoms. The maximum atomic E-state index is 12.3. The third-order valence-corrected chi connectivity index (χ3v) is 6.25. The van der Waals surface area contributed by atoms with Crippen LogP contribution in [0.3, 0.4) is 0 Å². The average Bonchev–Trinajstić information content (AvgIpc) is 2.73. The fourth-order valence-electron chi connectivity index (χ4n) is 2.54. The lowest BCUT2D eigenvalue weighted by atomic mass is 10.1. The lowest BCUT2D eigenvalue weighted by molar-refractivity contribution is 0.0954. The van der Waals surface area contributed by atoms with Crippen molar-refractivity contribution in [2.45, 2.75) is 11.3 Å². The van der Waals surface area contributed by atoms with Crippen LogP contribution >= 0.6 is 15.9 Å². The van der Waals surface area contributed by atoms with Gasteiger partial charge in [-0.05, 0) is 48.4 Å². The topological polar surface area (TPSA) is 93.7 Å². The van der Waals surface area contributed by atoms with E-state index < -0.39 is 10.0 Å². The van der Waals surface area contributed by atoms with Gasteiger partial charge in [0.15, 0.2) is 11.5 Å². The van der Waals surface area contributed by atoms with Gasteiger partial charge in [-0.3, -0.25) is 4.79 Å². The average molecular weight is 483 g/mol. The fourth-order valence-corrected chi connectivity index (χ4v) is 4.06. The molecule has 0 aromatic heterocycles. The van der Waals surface area contributed by atoms with E-state index in [0.717, 1.165) is 10.0 Å². The molecule has 7 nitrogen and oxygen atoms in total. The molecule has 0 bridgehead atoms. The molecule has 2 aromatic rings. The number of hydrogen-bond acceptors (Lipinski definition) is 5. The molecule has 0 aliphatic heterocycles. The molecule has 0 fully saturated rings. The molecule has 0 saturated heterocycles. The monoisotopic (exact) mass is 482 g/mol. The van der Waals surface area contributed by atoms with Crippen LogP contribution in [0.15, 0.2) is 58.4 Å². The first-order chi connectivity index (χ1) is 13.8. The SMILES string of the molecule is C=CCNS(=O)(=O)c1ccc(C(=O)NCCc2cc(OC)c(OC)cc2Br)cc1.